The van der Waals surface area contributed by atoms with Crippen molar-refractivity contribution in [3.63, 3.8) is 0 Å². The van der Waals surface area contributed by atoms with E-state index in [1.807, 2.05) is 18.2 Å². The fourth-order valence-corrected chi connectivity index (χ4v) is 1.92. The average Bonchev–Trinajstić information content (AvgIpc) is 2.87. The Morgan fingerprint density at radius 3 is 2.79 bits per heavy atom. The molecule has 2 N–H and O–H groups in total. The quantitative estimate of drug-likeness (QED) is 0.894. The average molecular weight is 261 g/mol. The fraction of sp³-hybridized carbons (Fsp3) is 0.429. The number of ether oxygens (including phenoxy) is 1. The van der Waals surface area contributed by atoms with E-state index in [1.165, 1.54) is 0 Å². The third-order valence-electron chi connectivity index (χ3n) is 2.94. The van der Waals surface area contributed by atoms with Gasteiger partial charge < -0.3 is 15.0 Å². The van der Waals surface area contributed by atoms with Crippen LogP contribution in [0.5, 0.6) is 5.75 Å². The van der Waals surface area contributed by atoms with Crippen LogP contribution < -0.4 is 10.5 Å². The lowest BCUT2D eigenvalue weighted by atomic mass is 9.99. The van der Waals surface area contributed by atoms with E-state index in [9.17, 15) is 0 Å². The maximum atomic E-state index is 5.47. The predicted molar refractivity (Wildman–Crippen MR) is 73.1 cm³/mol. The van der Waals surface area contributed by atoms with Crippen LogP contribution in [0.25, 0.3) is 11.4 Å². The predicted octanol–water partition coefficient (Wildman–Crippen LogP) is 2.37. The molecule has 19 heavy (non-hydrogen) atoms. The number of hydrogen-bond donors (Lipinski definition) is 1. The molecule has 5 heteroatoms. The molecule has 0 spiro atoms. The lowest BCUT2D eigenvalue weighted by Crippen LogP contribution is -2.02. The molecular formula is C14H19N3O2. The van der Waals surface area contributed by atoms with Crippen molar-refractivity contribution < 1.29 is 9.26 Å². The van der Waals surface area contributed by atoms with Crippen LogP contribution >= 0.6 is 0 Å². The van der Waals surface area contributed by atoms with Crippen LogP contribution in [0.4, 0.5) is 0 Å². The molecule has 0 saturated heterocycles. The van der Waals surface area contributed by atoms with Gasteiger partial charge in [0, 0.05) is 18.5 Å². The van der Waals surface area contributed by atoms with Crippen molar-refractivity contribution in [2.24, 2.45) is 5.73 Å². The zero-order valence-electron chi connectivity index (χ0n) is 11.5. The molecule has 1 heterocycles. The van der Waals surface area contributed by atoms with Gasteiger partial charge in [-0.25, -0.2) is 0 Å². The van der Waals surface area contributed by atoms with Crippen LogP contribution in [-0.4, -0.2) is 23.8 Å². The molecule has 5 nitrogen and oxygen atoms in total. The van der Waals surface area contributed by atoms with Crippen LogP contribution in [0.2, 0.25) is 0 Å². The van der Waals surface area contributed by atoms with E-state index in [1.54, 1.807) is 7.11 Å². The highest BCUT2D eigenvalue weighted by Gasteiger charge is 2.13. The molecule has 0 amide bonds. The van der Waals surface area contributed by atoms with Gasteiger partial charge in [-0.3, -0.25) is 0 Å². The maximum Gasteiger partial charge on any atom is 0.228 e. The number of benzene rings is 1. The Hall–Kier alpha value is -1.88. The standard InChI is InChI=1S/C14H19N3O2/c1-9(2)11-8-10(4-5-12(11)18-3)14-16-13(6-7-15)19-17-14/h4-5,8-9H,6-7,15H2,1-3H3. The van der Waals surface area contributed by atoms with Crippen molar-refractivity contribution in [1.29, 1.82) is 0 Å². The summed E-state index contributed by atoms with van der Waals surface area (Å²) in [7, 11) is 1.68. The topological polar surface area (TPSA) is 74.2 Å². The van der Waals surface area contributed by atoms with Gasteiger partial charge in [-0.2, -0.15) is 4.98 Å². The van der Waals surface area contributed by atoms with Gasteiger partial charge >= 0.3 is 0 Å². The lowest BCUT2D eigenvalue weighted by molar-refractivity contribution is 0.380. The molecular weight excluding hydrogens is 242 g/mol. The number of nitrogens with zero attached hydrogens (tertiary/aromatic N) is 2. The molecule has 0 aliphatic heterocycles. The summed E-state index contributed by atoms with van der Waals surface area (Å²) in [6.07, 6.45) is 0.597. The van der Waals surface area contributed by atoms with Gasteiger partial charge in [-0.15, -0.1) is 0 Å². The second-order valence-corrected chi connectivity index (χ2v) is 4.66. The summed E-state index contributed by atoms with van der Waals surface area (Å²) in [5.74, 6) is 2.40. The van der Waals surface area contributed by atoms with Crippen molar-refractivity contribution >= 4 is 0 Å². The first-order valence-electron chi connectivity index (χ1n) is 6.36. The highest BCUT2D eigenvalue weighted by Crippen LogP contribution is 2.30. The van der Waals surface area contributed by atoms with Crippen molar-refractivity contribution in [1.82, 2.24) is 10.1 Å². The van der Waals surface area contributed by atoms with E-state index in [-0.39, 0.29) is 0 Å². The first-order chi connectivity index (χ1) is 9.15. The Morgan fingerprint density at radius 2 is 2.16 bits per heavy atom. The Bertz CT molecular complexity index is 549. The first kappa shape index (κ1) is 13.5. The molecule has 1 aromatic carbocycles. The van der Waals surface area contributed by atoms with Crippen LogP contribution in [-0.2, 0) is 6.42 Å². The number of methoxy groups -OCH3 is 1. The van der Waals surface area contributed by atoms with E-state index in [2.05, 4.69) is 24.0 Å². The molecule has 2 rings (SSSR count). The van der Waals surface area contributed by atoms with E-state index >= 15 is 0 Å². The number of aromatic nitrogens is 2. The summed E-state index contributed by atoms with van der Waals surface area (Å²) in [4.78, 5) is 4.33. The van der Waals surface area contributed by atoms with E-state index in [0.717, 1.165) is 16.9 Å². The van der Waals surface area contributed by atoms with E-state index in [0.29, 0.717) is 30.6 Å². The zero-order valence-corrected chi connectivity index (χ0v) is 11.5. The van der Waals surface area contributed by atoms with Crippen LogP contribution in [0.1, 0.15) is 31.2 Å². The monoisotopic (exact) mass is 261 g/mol. The summed E-state index contributed by atoms with van der Waals surface area (Å²) in [6, 6.07) is 5.91. The van der Waals surface area contributed by atoms with Gasteiger partial charge in [-0.1, -0.05) is 19.0 Å². The SMILES string of the molecule is COc1ccc(-c2noc(CCN)n2)cc1C(C)C. The molecule has 2 aromatic rings. The third-order valence-corrected chi connectivity index (χ3v) is 2.94. The van der Waals surface area contributed by atoms with Gasteiger partial charge in [-0.05, 0) is 29.7 Å². The minimum atomic E-state index is 0.366. The van der Waals surface area contributed by atoms with Crippen molar-refractivity contribution in [3.05, 3.63) is 29.7 Å². The van der Waals surface area contributed by atoms with E-state index < -0.39 is 0 Å². The number of hydrogen-bond acceptors (Lipinski definition) is 5. The van der Waals surface area contributed by atoms with Crippen molar-refractivity contribution in [2.45, 2.75) is 26.2 Å². The smallest absolute Gasteiger partial charge is 0.228 e. The summed E-state index contributed by atoms with van der Waals surface area (Å²) in [5, 5.41) is 3.98. The molecule has 1 aromatic heterocycles. The zero-order chi connectivity index (χ0) is 13.8. The summed E-state index contributed by atoms with van der Waals surface area (Å²) >= 11 is 0. The maximum absolute atomic E-state index is 5.47. The van der Waals surface area contributed by atoms with E-state index in [4.69, 9.17) is 15.0 Å². The molecule has 102 valence electrons. The number of rotatable bonds is 5. The fourth-order valence-electron chi connectivity index (χ4n) is 1.92. The highest BCUT2D eigenvalue weighted by molar-refractivity contribution is 5.59. The van der Waals surface area contributed by atoms with Crippen molar-refractivity contribution in [3.8, 4) is 17.1 Å². The Kier molecular flexibility index (Phi) is 4.16. The Morgan fingerprint density at radius 1 is 1.37 bits per heavy atom. The molecule has 0 radical (unpaired) electrons. The summed E-state index contributed by atoms with van der Waals surface area (Å²) < 4.78 is 10.5. The van der Waals surface area contributed by atoms with Crippen molar-refractivity contribution in [2.75, 3.05) is 13.7 Å². The summed E-state index contributed by atoms with van der Waals surface area (Å²) in [6.45, 7) is 4.75. The largest absolute Gasteiger partial charge is 0.496 e. The highest BCUT2D eigenvalue weighted by atomic mass is 16.5. The van der Waals surface area contributed by atoms with Crippen LogP contribution in [0, 0.1) is 0 Å². The summed E-state index contributed by atoms with van der Waals surface area (Å²) in [5.41, 5.74) is 7.52. The van der Waals surface area contributed by atoms with Gasteiger partial charge in [0.05, 0.1) is 7.11 Å². The second-order valence-electron chi connectivity index (χ2n) is 4.66. The molecule has 0 atom stereocenters. The van der Waals surface area contributed by atoms with Gasteiger partial charge in [0.25, 0.3) is 0 Å². The molecule has 0 unspecified atom stereocenters. The van der Waals surface area contributed by atoms with Crippen LogP contribution in [0.3, 0.4) is 0 Å². The van der Waals surface area contributed by atoms with Gasteiger partial charge in [0.1, 0.15) is 5.75 Å². The Labute approximate surface area is 112 Å². The molecule has 0 bridgehead atoms. The lowest BCUT2D eigenvalue weighted by Gasteiger charge is -2.12. The minimum absolute atomic E-state index is 0.366. The number of nitrogens with two attached hydrogens (primary N) is 1. The molecule has 0 fully saturated rings. The first-order valence-corrected chi connectivity index (χ1v) is 6.36. The second kappa shape index (κ2) is 5.84. The third kappa shape index (κ3) is 2.93. The van der Waals surface area contributed by atoms with Gasteiger partial charge in [0.2, 0.25) is 11.7 Å². The minimum Gasteiger partial charge on any atom is -0.496 e. The normalized spacial score (nSPS) is 11.0. The molecule has 0 aliphatic carbocycles. The molecule has 0 aliphatic rings. The Balaban J connectivity index is 2.36. The van der Waals surface area contributed by atoms with Gasteiger partial charge in [0.15, 0.2) is 0 Å². The van der Waals surface area contributed by atoms with Crippen LogP contribution in [0.15, 0.2) is 22.7 Å². The molecule has 0 saturated carbocycles.